The molecule has 2 fully saturated rings. The number of hydrogen-bond donors (Lipinski definition) is 2. The van der Waals surface area contributed by atoms with Crippen molar-refractivity contribution in [2.24, 2.45) is 17.3 Å². The van der Waals surface area contributed by atoms with Gasteiger partial charge in [-0.3, -0.25) is 9.59 Å². The molecule has 9 heteroatoms. The van der Waals surface area contributed by atoms with Gasteiger partial charge in [0, 0.05) is 19.3 Å². The topological polar surface area (TPSA) is 122 Å². The number of hydrogen-bond acceptors (Lipinski definition) is 8. The Morgan fingerprint density at radius 2 is 1.91 bits per heavy atom. The van der Waals surface area contributed by atoms with Gasteiger partial charge in [0.05, 0.1) is 40.8 Å². The number of epoxide rings is 1. The maximum atomic E-state index is 13.2. The van der Waals surface area contributed by atoms with Crippen molar-refractivity contribution in [2.75, 3.05) is 0 Å². The summed E-state index contributed by atoms with van der Waals surface area (Å²) in [6, 6.07) is 0. The summed E-state index contributed by atoms with van der Waals surface area (Å²) in [4.78, 5) is 30.2. The first kappa shape index (κ1) is 27.8. The molecule has 2 aliphatic heterocycles. The van der Waals surface area contributed by atoms with Crippen molar-refractivity contribution < 1.29 is 33.7 Å². The van der Waals surface area contributed by atoms with Gasteiger partial charge in [-0.2, -0.15) is 0 Å². The molecular weight excluding hydrogens is 474 g/mol. The van der Waals surface area contributed by atoms with E-state index in [0.29, 0.717) is 18.0 Å². The third kappa shape index (κ3) is 6.53. The van der Waals surface area contributed by atoms with Crippen molar-refractivity contribution in [1.29, 1.82) is 0 Å². The fraction of sp³-hybridized carbons (Fsp3) is 0.731. The second-order valence-corrected chi connectivity index (χ2v) is 11.3. The van der Waals surface area contributed by atoms with Gasteiger partial charge in [-0.1, -0.05) is 45.7 Å². The van der Waals surface area contributed by atoms with Crippen molar-refractivity contribution in [3.8, 4) is 0 Å². The summed E-state index contributed by atoms with van der Waals surface area (Å²) < 4.78 is 16.9. The molecule has 0 amide bonds. The number of carbonyl (C=O) groups excluding carboxylic acids is 2. The molecule has 3 rings (SSSR count). The van der Waals surface area contributed by atoms with Gasteiger partial charge >= 0.3 is 5.97 Å². The Hall–Kier alpha value is -1.74. The van der Waals surface area contributed by atoms with Crippen LogP contribution in [0.1, 0.15) is 78.3 Å². The Labute approximate surface area is 212 Å². The zero-order valence-corrected chi connectivity index (χ0v) is 22.2. The van der Waals surface area contributed by atoms with Gasteiger partial charge < -0.3 is 24.1 Å². The third-order valence-electron chi connectivity index (χ3n) is 7.64. The minimum atomic E-state index is -1.29. The zero-order chi connectivity index (χ0) is 26.1. The van der Waals surface area contributed by atoms with E-state index in [9.17, 15) is 19.8 Å². The summed E-state index contributed by atoms with van der Waals surface area (Å²) >= 11 is 6.57. The lowest BCUT2D eigenvalue weighted by Crippen LogP contribution is -2.45. The second-order valence-electron chi connectivity index (χ2n) is 10.9. The van der Waals surface area contributed by atoms with Crippen LogP contribution in [0.5, 0.6) is 0 Å². The molecule has 2 N–H and O–H groups in total. The largest absolute Gasteiger partial charge is 0.456 e. The lowest BCUT2D eigenvalue weighted by atomic mass is 9.73. The van der Waals surface area contributed by atoms with E-state index in [1.165, 1.54) is 6.26 Å². The number of aliphatic hydroxyl groups is 2. The Morgan fingerprint density at radius 3 is 2.54 bits per heavy atom. The molecule has 0 radical (unpaired) electrons. The quantitative estimate of drug-likeness (QED) is 0.447. The Kier molecular flexibility index (Phi) is 8.52. The SMILES string of the molecule is Cc1nc(C=C(Cl)[C@@H]2CC3O[C@@]3(C)CCC[C@H](C)[C@H](O)[C@@H](C)C(=O)C(C)(C)[C@@H](O)CC(=O)O2)co1. The molecule has 0 saturated carbocycles. The molecule has 0 spiro atoms. The molecule has 2 saturated heterocycles. The normalized spacial score (nSPS) is 37.5. The van der Waals surface area contributed by atoms with E-state index in [0.717, 1.165) is 19.3 Å². The lowest BCUT2D eigenvalue weighted by molar-refractivity contribution is -0.154. The highest BCUT2D eigenvalue weighted by Gasteiger charge is 2.53. The highest BCUT2D eigenvalue weighted by atomic mass is 35.5. The van der Waals surface area contributed by atoms with Crippen LogP contribution in [0.25, 0.3) is 6.08 Å². The Morgan fingerprint density at radius 1 is 1.23 bits per heavy atom. The number of aryl methyl sites for hydroxylation is 1. The summed E-state index contributed by atoms with van der Waals surface area (Å²) in [7, 11) is 0. The molecular formula is C26H38ClNO7. The van der Waals surface area contributed by atoms with Crippen LogP contribution in [0.2, 0.25) is 0 Å². The molecule has 7 atom stereocenters. The lowest BCUT2D eigenvalue weighted by Gasteiger charge is -2.34. The van der Waals surface area contributed by atoms with E-state index in [-0.39, 0.29) is 34.9 Å². The maximum absolute atomic E-state index is 13.2. The minimum absolute atomic E-state index is 0.100. The Bertz CT molecular complexity index is 957. The van der Waals surface area contributed by atoms with Crippen LogP contribution < -0.4 is 0 Å². The van der Waals surface area contributed by atoms with E-state index >= 15 is 0 Å². The van der Waals surface area contributed by atoms with Crippen LogP contribution in [-0.2, 0) is 19.1 Å². The van der Waals surface area contributed by atoms with E-state index in [1.54, 1.807) is 33.8 Å². The molecule has 1 aromatic rings. The number of ketones is 1. The van der Waals surface area contributed by atoms with Gasteiger partial charge in [-0.15, -0.1) is 0 Å². The zero-order valence-electron chi connectivity index (χ0n) is 21.4. The van der Waals surface area contributed by atoms with Crippen LogP contribution in [0.3, 0.4) is 0 Å². The smallest absolute Gasteiger partial charge is 0.309 e. The Balaban J connectivity index is 1.85. The summed E-state index contributed by atoms with van der Waals surface area (Å²) in [5.74, 6) is -1.27. The number of esters is 1. The monoisotopic (exact) mass is 511 g/mol. The first-order chi connectivity index (χ1) is 16.2. The molecule has 1 unspecified atom stereocenters. The van der Waals surface area contributed by atoms with Crippen LogP contribution in [-0.4, -0.2) is 57.0 Å². The third-order valence-corrected chi connectivity index (χ3v) is 7.99. The molecule has 1 aromatic heterocycles. The molecule has 196 valence electrons. The highest BCUT2D eigenvalue weighted by Crippen LogP contribution is 2.45. The minimum Gasteiger partial charge on any atom is -0.456 e. The van der Waals surface area contributed by atoms with Gasteiger partial charge in [0.25, 0.3) is 0 Å². The van der Waals surface area contributed by atoms with E-state index in [1.807, 2.05) is 13.8 Å². The predicted octanol–water partition coefficient (Wildman–Crippen LogP) is 4.19. The summed E-state index contributed by atoms with van der Waals surface area (Å²) in [5, 5.41) is 21.9. The number of fused-ring (bicyclic) bond motifs is 1. The molecule has 3 heterocycles. The van der Waals surface area contributed by atoms with E-state index < -0.39 is 35.6 Å². The van der Waals surface area contributed by atoms with Gasteiger partial charge in [0.2, 0.25) is 0 Å². The number of carbonyl (C=O) groups is 2. The first-order valence-corrected chi connectivity index (χ1v) is 12.7. The van der Waals surface area contributed by atoms with Crippen molar-refractivity contribution in [3.05, 3.63) is 22.9 Å². The van der Waals surface area contributed by atoms with Gasteiger partial charge in [-0.05, 0) is 31.8 Å². The standard InChI is InChI=1S/C26H38ClNO7/c1-14-8-7-9-26(6)21(35-26)11-19(18(27)10-17-13-33-16(3)28-17)34-22(30)12-20(29)25(4,5)24(32)15(2)23(14)31/h10,13-15,19-21,23,29,31H,7-9,11-12H2,1-6H3/t14-,15+,19-,20-,21?,23-,26-/m0/s1. The van der Waals surface area contributed by atoms with Gasteiger partial charge in [0.1, 0.15) is 23.8 Å². The maximum Gasteiger partial charge on any atom is 0.309 e. The molecule has 0 bridgehead atoms. The average Bonchev–Trinajstić information content (AvgIpc) is 3.22. The molecule has 0 aliphatic carbocycles. The fourth-order valence-electron chi connectivity index (χ4n) is 4.86. The molecule has 0 aromatic carbocycles. The summed E-state index contributed by atoms with van der Waals surface area (Å²) in [6.07, 6.45) is 2.24. The summed E-state index contributed by atoms with van der Waals surface area (Å²) in [6.45, 7) is 10.5. The molecule has 2 aliphatic rings. The van der Waals surface area contributed by atoms with Crippen LogP contribution >= 0.6 is 11.6 Å². The number of Topliss-reactive ketones (excluding diaryl/α,β-unsaturated/α-hetero) is 1. The van der Waals surface area contributed by atoms with Crippen molar-refractivity contribution >= 4 is 29.4 Å². The number of halogens is 1. The fourth-order valence-corrected chi connectivity index (χ4v) is 5.11. The number of nitrogens with zero attached hydrogens (tertiary/aromatic N) is 1. The van der Waals surface area contributed by atoms with E-state index in [2.05, 4.69) is 4.98 Å². The van der Waals surface area contributed by atoms with Crippen LogP contribution in [0.15, 0.2) is 15.7 Å². The van der Waals surface area contributed by atoms with Gasteiger partial charge in [0.15, 0.2) is 5.89 Å². The number of ether oxygens (including phenoxy) is 2. The van der Waals surface area contributed by atoms with Crippen molar-refractivity contribution in [2.45, 2.75) is 104 Å². The second kappa shape index (κ2) is 10.7. The average molecular weight is 512 g/mol. The summed E-state index contributed by atoms with van der Waals surface area (Å²) in [5.41, 5.74) is -1.12. The number of rotatable bonds is 2. The van der Waals surface area contributed by atoms with Crippen LogP contribution in [0.4, 0.5) is 0 Å². The molecule has 8 nitrogen and oxygen atoms in total. The number of aromatic nitrogens is 1. The van der Waals surface area contributed by atoms with Crippen LogP contribution in [0, 0.1) is 24.2 Å². The number of oxazole rings is 1. The number of cyclic esters (lactones) is 1. The predicted molar refractivity (Wildman–Crippen MR) is 130 cm³/mol. The molecule has 35 heavy (non-hydrogen) atoms. The van der Waals surface area contributed by atoms with Crippen molar-refractivity contribution in [1.82, 2.24) is 4.98 Å². The number of aliphatic hydroxyl groups excluding tert-OH is 2. The highest BCUT2D eigenvalue weighted by molar-refractivity contribution is 6.32. The van der Waals surface area contributed by atoms with E-state index in [4.69, 9.17) is 25.5 Å². The first-order valence-electron chi connectivity index (χ1n) is 12.3. The van der Waals surface area contributed by atoms with Crippen molar-refractivity contribution in [3.63, 3.8) is 0 Å². The van der Waals surface area contributed by atoms with Gasteiger partial charge in [-0.25, -0.2) is 4.98 Å².